The van der Waals surface area contributed by atoms with Gasteiger partial charge in [-0.25, -0.2) is 8.42 Å². The Bertz CT molecular complexity index is 890. The first kappa shape index (κ1) is 18.2. The maximum absolute atomic E-state index is 11.7. The second-order valence-corrected chi connectivity index (χ2v) is 8.23. The number of rotatable bonds is 6. The van der Waals surface area contributed by atoms with Crippen molar-refractivity contribution in [3.05, 3.63) is 24.4 Å². The molecule has 1 fully saturated rings. The van der Waals surface area contributed by atoms with E-state index in [0.29, 0.717) is 35.4 Å². The summed E-state index contributed by atoms with van der Waals surface area (Å²) in [6, 6.07) is 5.23. The third kappa shape index (κ3) is 3.96. The zero-order valence-electron chi connectivity index (χ0n) is 14.8. The highest BCUT2D eigenvalue weighted by Crippen LogP contribution is 2.31. The van der Waals surface area contributed by atoms with Crippen molar-refractivity contribution < 1.29 is 17.9 Å². The Labute approximate surface area is 152 Å². The van der Waals surface area contributed by atoms with Crippen LogP contribution in [0.25, 0.3) is 0 Å². The Morgan fingerprint density at radius 1 is 1.27 bits per heavy atom. The normalized spacial score (nSPS) is 18.3. The quantitative estimate of drug-likeness (QED) is 0.793. The van der Waals surface area contributed by atoms with Crippen molar-refractivity contribution in [2.24, 2.45) is 0 Å². The van der Waals surface area contributed by atoms with E-state index >= 15 is 0 Å². The zero-order chi connectivity index (χ0) is 18.7. The summed E-state index contributed by atoms with van der Waals surface area (Å²) in [5, 5.41) is 11.1. The largest absolute Gasteiger partial charge is 0.497 e. The van der Waals surface area contributed by atoms with E-state index in [1.807, 2.05) is 6.07 Å². The molecule has 1 aromatic heterocycles. The molecule has 0 radical (unpaired) electrons. The highest BCUT2D eigenvalue weighted by molar-refractivity contribution is 7.91. The molecule has 10 heteroatoms. The van der Waals surface area contributed by atoms with Gasteiger partial charge in [-0.15, -0.1) is 5.10 Å². The molecule has 9 nitrogen and oxygen atoms in total. The highest BCUT2D eigenvalue weighted by Gasteiger charge is 2.32. The fourth-order valence-electron chi connectivity index (χ4n) is 2.79. The molecule has 0 aliphatic carbocycles. The van der Waals surface area contributed by atoms with Gasteiger partial charge in [-0.3, -0.25) is 0 Å². The van der Waals surface area contributed by atoms with Crippen molar-refractivity contribution in [2.75, 3.05) is 43.0 Å². The lowest BCUT2D eigenvalue weighted by molar-refractivity contribution is 0.395. The number of ether oxygens (including phenoxy) is 2. The van der Waals surface area contributed by atoms with Gasteiger partial charge in [0.05, 0.1) is 37.6 Å². The summed E-state index contributed by atoms with van der Waals surface area (Å²) >= 11 is 0. The van der Waals surface area contributed by atoms with Crippen molar-refractivity contribution in [3.63, 3.8) is 0 Å². The molecule has 140 valence electrons. The number of nitrogens with one attached hydrogen (secondary N) is 1. The van der Waals surface area contributed by atoms with Gasteiger partial charge in [-0.05, 0) is 18.6 Å². The maximum Gasteiger partial charge on any atom is 0.247 e. The Balaban J connectivity index is 1.80. The second-order valence-electron chi connectivity index (χ2n) is 6.00. The Kier molecular flexibility index (Phi) is 5.12. The van der Waals surface area contributed by atoms with Gasteiger partial charge in [0.25, 0.3) is 0 Å². The number of sulfone groups is 1. The van der Waals surface area contributed by atoms with Crippen molar-refractivity contribution in [1.82, 2.24) is 15.2 Å². The summed E-state index contributed by atoms with van der Waals surface area (Å²) < 4.78 is 33.9. The summed E-state index contributed by atoms with van der Waals surface area (Å²) in [5.41, 5.74) is 0.700. The van der Waals surface area contributed by atoms with Crippen LogP contribution in [0.4, 0.5) is 17.5 Å². The molecule has 1 atom stereocenters. The van der Waals surface area contributed by atoms with Gasteiger partial charge in [-0.2, -0.15) is 10.1 Å². The third-order valence-electron chi connectivity index (χ3n) is 4.29. The lowest BCUT2D eigenvalue weighted by atomic mass is 10.2. The maximum atomic E-state index is 11.7. The van der Waals surface area contributed by atoms with E-state index in [2.05, 4.69) is 20.5 Å². The van der Waals surface area contributed by atoms with E-state index < -0.39 is 9.84 Å². The molecule has 0 amide bonds. The first-order valence-electron chi connectivity index (χ1n) is 8.04. The fraction of sp³-hybridized carbons (Fsp3) is 0.438. The lowest BCUT2D eigenvalue weighted by Crippen LogP contribution is -2.34. The average Bonchev–Trinajstić information content (AvgIpc) is 3.01. The van der Waals surface area contributed by atoms with Crippen LogP contribution in [0.1, 0.15) is 6.42 Å². The van der Waals surface area contributed by atoms with Crippen LogP contribution in [0, 0.1) is 0 Å². The van der Waals surface area contributed by atoms with Gasteiger partial charge < -0.3 is 19.7 Å². The zero-order valence-corrected chi connectivity index (χ0v) is 15.7. The summed E-state index contributed by atoms with van der Waals surface area (Å²) in [5.74, 6) is 2.42. The predicted molar refractivity (Wildman–Crippen MR) is 98.1 cm³/mol. The lowest BCUT2D eigenvalue weighted by Gasteiger charge is -2.23. The molecule has 1 aliphatic heterocycles. The number of aromatic nitrogens is 3. The van der Waals surface area contributed by atoms with Gasteiger partial charge in [0.15, 0.2) is 15.7 Å². The van der Waals surface area contributed by atoms with Crippen LogP contribution in [0.2, 0.25) is 0 Å². The minimum atomic E-state index is -2.98. The smallest absolute Gasteiger partial charge is 0.247 e. The predicted octanol–water partition coefficient (Wildman–Crippen LogP) is 1.26. The van der Waals surface area contributed by atoms with E-state index in [1.165, 1.54) is 6.20 Å². The fourth-order valence-corrected chi connectivity index (χ4v) is 4.56. The molecule has 1 N–H and O–H groups in total. The number of benzene rings is 1. The van der Waals surface area contributed by atoms with E-state index in [0.717, 1.165) is 0 Å². The van der Waals surface area contributed by atoms with Crippen LogP contribution < -0.4 is 19.7 Å². The van der Waals surface area contributed by atoms with Crippen LogP contribution in [0.15, 0.2) is 24.4 Å². The van der Waals surface area contributed by atoms with Crippen molar-refractivity contribution >= 4 is 27.3 Å². The van der Waals surface area contributed by atoms with E-state index in [1.54, 1.807) is 38.3 Å². The molecule has 0 bridgehead atoms. The summed E-state index contributed by atoms with van der Waals surface area (Å²) in [6.45, 7) is 0. The number of anilines is 3. The minimum absolute atomic E-state index is 0.108. The molecule has 2 aromatic rings. The minimum Gasteiger partial charge on any atom is -0.497 e. The molecule has 1 aliphatic rings. The van der Waals surface area contributed by atoms with Crippen LogP contribution in [0.5, 0.6) is 11.5 Å². The average molecular weight is 379 g/mol. The second kappa shape index (κ2) is 7.32. The molecule has 26 heavy (non-hydrogen) atoms. The van der Waals surface area contributed by atoms with Gasteiger partial charge >= 0.3 is 0 Å². The number of hydrogen-bond acceptors (Lipinski definition) is 9. The van der Waals surface area contributed by atoms with Gasteiger partial charge in [-0.1, -0.05) is 0 Å². The van der Waals surface area contributed by atoms with Crippen molar-refractivity contribution in [3.8, 4) is 11.5 Å². The summed E-state index contributed by atoms with van der Waals surface area (Å²) in [4.78, 5) is 6.20. The van der Waals surface area contributed by atoms with Crippen molar-refractivity contribution in [1.29, 1.82) is 0 Å². The van der Waals surface area contributed by atoms with E-state index in [-0.39, 0.29) is 17.5 Å². The van der Waals surface area contributed by atoms with E-state index in [4.69, 9.17) is 9.47 Å². The third-order valence-corrected chi connectivity index (χ3v) is 6.04. The Morgan fingerprint density at radius 3 is 2.73 bits per heavy atom. The molecule has 0 spiro atoms. The van der Waals surface area contributed by atoms with Crippen molar-refractivity contribution in [2.45, 2.75) is 12.5 Å². The molecule has 1 unspecified atom stereocenters. The standard InChI is InChI=1S/C16H21N5O4S/c1-21(11-6-7-26(22,23)10-11)16-19-15(9-17-20-16)18-13-5-4-12(24-2)8-14(13)25-3/h4-5,8-9,11H,6-7,10H2,1-3H3,(H,18,19,20). The van der Waals surface area contributed by atoms with Gasteiger partial charge in [0, 0.05) is 19.2 Å². The van der Waals surface area contributed by atoms with Crippen LogP contribution in [-0.4, -0.2) is 62.4 Å². The number of nitrogens with zero attached hydrogens (tertiary/aromatic N) is 4. The number of methoxy groups -OCH3 is 2. The topological polar surface area (TPSA) is 107 Å². The van der Waals surface area contributed by atoms with Crippen LogP contribution >= 0.6 is 0 Å². The SMILES string of the molecule is COc1ccc(Nc2cnnc(N(C)C3CCS(=O)(=O)C3)n2)c(OC)c1. The Hall–Kier alpha value is -2.62. The van der Waals surface area contributed by atoms with E-state index in [9.17, 15) is 8.42 Å². The van der Waals surface area contributed by atoms with Crippen LogP contribution in [-0.2, 0) is 9.84 Å². The van der Waals surface area contributed by atoms with Gasteiger partial charge in [0.2, 0.25) is 5.95 Å². The molecule has 1 aromatic carbocycles. The summed E-state index contributed by atoms with van der Waals surface area (Å²) in [6.07, 6.45) is 2.05. The number of hydrogen-bond donors (Lipinski definition) is 1. The molecular formula is C16H21N5O4S. The Morgan fingerprint density at radius 2 is 2.08 bits per heavy atom. The summed E-state index contributed by atoms with van der Waals surface area (Å²) in [7, 11) is 1.95. The monoisotopic (exact) mass is 379 g/mol. The molecule has 0 saturated carbocycles. The highest BCUT2D eigenvalue weighted by atomic mass is 32.2. The first-order chi connectivity index (χ1) is 12.4. The molecule has 2 heterocycles. The molecule has 1 saturated heterocycles. The first-order valence-corrected chi connectivity index (χ1v) is 9.86. The van der Waals surface area contributed by atoms with Gasteiger partial charge in [0.1, 0.15) is 11.5 Å². The molecular weight excluding hydrogens is 358 g/mol. The van der Waals surface area contributed by atoms with Crippen LogP contribution in [0.3, 0.4) is 0 Å². The molecule has 3 rings (SSSR count).